The molecule has 0 spiro atoms. The molecule has 7 nitrogen and oxygen atoms in total. The van der Waals surface area contributed by atoms with Gasteiger partial charge in [0.05, 0.1) is 25.2 Å². The lowest BCUT2D eigenvalue weighted by Crippen LogP contribution is -2.32. The Morgan fingerprint density at radius 2 is 2.06 bits per heavy atom. The minimum Gasteiger partial charge on any atom is -0.368 e. The number of benzene rings is 2. The molecule has 0 bridgehead atoms. The van der Waals surface area contributed by atoms with Crippen LogP contribution in [-0.4, -0.2) is 36.9 Å². The first-order valence-corrected chi connectivity index (χ1v) is 11.0. The van der Waals surface area contributed by atoms with Crippen LogP contribution in [0.1, 0.15) is 29.0 Å². The van der Waals surface area contributed by atoms with Crippen LogP contribution in [0.15, 0.2) is 53.9 Å². The molecule has 0 aliphatic carbocycles. The number of aryl methyl sites for hydroxylation is 1. The highest BCUT2D eigenvalue weighted by Crippen LogP contribution is 2.46. The van der Waals surface area contributed by atoms with Gasteiger partial charge in [-0.2, -0.15) is 13.5 Å². The number of hydrogen-bond donors (Lipinski definition) is 0. The zero-order chi connectivity index (χ0) is 22.2. The third-order valence-corrected chi connectivity index (χ3v) is 6.89. The van der Waals surface area contributed by atoms with Gasteiger partial charge in [-0.15, -0.1) is 0 Å². The minimum atomic E-state index is -3.96. The standard InChI is InChI=1S/C21H21F2N3O4S/c1-14-3-6-20(31(27,28)29-2)17(7-14)15-9-21(30-10-15,11-26-13-24-12-25-26)18-5-4-16(22)8-19(18)23/h3-8,12-13,15H,9-11H2,1-2H3/t15-,21+/m1/s1. The van der Waals surface area contributed by atoms with Gasteiger partial charge in [0.1, 0.15) is 29.9 Å². The lowest BCUT2D eigenvalue weighted by atomic mass is 9.84. The summed E-state index contributed by atoms with van der Waals surface area (Å²) in [6.45, 7) is 2.12. The maximum Gasteiger partial charge on any atom is 0.296 e. The summed E-state index contributed by atoms with van der Waals surface area (Å²) < 4.78 is 65.7. The maximum atomic E-state index is 14.8. The first-order chi connectivity index (χ1) is 14.7. The highest BCUT2D eigenvalue weighted by molar-refractivity contribution is 7.86. The monoisotopic (exact) mass is 449 g/mol. The number of hydrogen-bond acceptors (Lipinski definition) is 6. The van der Waals surface area contributed by atoms with Gasteiger partial charge in [0.25, 0.3) is 10.1 Å². The maximum absolute atomic E-state index is 14.8. The van der Waals surface area contributed by atoms with Crippen molar-refractivity contribution in [2.45, 2.75) is 36.3 Å². The fraction of sp³-hybridized carbons (Fsp3) is 0.333. The fourth-order valence-electron chi connectivity index (χ4n) is 4.10. The lowest BCUT2D eigenvalue weighted by molar-refractivity contribution is -0.0200. The van der Waals surface area contributed by atoms with Gasteiger partial charge < -0.3 is 4.74 Å². The summed E-state index contributed by atoms with van der Waals surface area (Å²) in [6, 6.07) is 8.29. The Morgan fingerprint density at radius 3 is 2.74 bits per heavy atom. The van der Waals surface area contributed by atoms with E-state index in [0.717, 1.165) is 18.7 Å². The molecule has 2 atom stereocenters. The average Bonchev–Trinajstić information content (AvgIpc) is 3.38. The van der Waals surface area contributed by atoms with Gasteiger partial charge >= 0.3 is 0 Å². The van der Waals surface area contributed by atoms with E-state index in [0.29, 0.717) is 5.56 Å². The third-order valence-electron chi connectivity index (χ3n) is 5.54. The van der Waals surface area contributed by atoms with Gasteiger partial charge in [0.15, 0.2) is 0 Å². The Balaban J connectivity index is 1.79. The number of rotatable bonds is 6. The molecule has 31 heavy (non-hydrogen) atoms. The summed E-state index contributed by atoms with van der Waals surface area (Å²) >= 11 is 0. The molecule has 0 saturated carbocycles. The molecule has 1 aliphatic rings. The molecule has 1 saturated heterocycles. The van der Waals surface area contributed by atoms with Crippen molar-refractivity contribution in [1.29, 1.82) is 0 Å². The van der Waals surface area contributed by atoms with Gasteiger partial charge in [-0.3, -0.25) is 4.18 Å². The zero-order valence-electron chi connectivity index (χ0n) is 17.0. The Bertz CT molecular complexity index is 1200. The predicted molar refractivity (Wildman–Crippen MR) is 107 cm³/mol. The van der Waals surface area contributed by atoms with E-state index in [2.05, 4.69) is 10.1 Å². The van der Waals surface area contributed by atoms with Crippen molar-refractivity contribution >= 4 is 10.1 Å². The van der Waals surface area contributed by atoms with Crippen LogP contribution in [0.5, 0.6) is 0 Å². The molecular formula is C21H21F2N3O4S. The lowest BCUT2D eigenvalue weighted by Gasteiger charge is -2.29. The highest BCUT2D eigenvalue weighted by Gasteiger charge is 2.46. The number of halogens is 2. The van der Waals surface area contributed by atoms with Crippen molar-refractivity contribution in [3.05, 3.63) is 77.4 Å². The Hall–Kier alpha value is -2.69. The van der Waals surface area contributed by atoms with Gasteiger partial charge in [0, 0.05) is 17.5 Å². The van der Waals surface area contributed by atoms with Crippen molar-refractivity contribution in [3.63, 3.8) is 0 Å². The van der Waals surface area contributed by atoms with Crippen LogP contribution >= 0.6 is 0 Å². The molecule has 1 fully saturated rings. The molecule has 2 aromatic carbocycles. The Labute approximate surface area is 178 Å². The molecule has 0 amide bonds. The van der Waals surface area contributed by atoms with Gasteiger partial charge in [-0.1, -0.05) is 23.8 Å². The SMILES string of the molecule is COS(=O)(=O)c1ccc(C)cc1[C@H]1CO[C@@](Cn2cncn2)(c2ccc(F)cc2F)C1. The number of ether oxygens (including phenoxy) is 1. The summed E-state index contributed by atoms with van der Waals surface area (Å²) in [6.07, 6.45) is 3.09. The van der Waals surface area contributed by atoms with Gasteiger partial charge in [0.2, 0.25) is 0 Å². The fourth-order valence-corrected chi connectivity index (χ4v) is 5.03. The zero-order valence-corrected chi connectivity index (χ0v) is 17.8. The molecule has 3 aromatic rings. The van der Waals surface area contributed by atoms with Crippen molar-refractivity contribution < 1.29 is 26.1 Å². The van der Waals surface area contributed by atoms with Crippen LogP contribution in [-0.2, 0) is 31.2 Å². The summed E-state index contributed by atoms with van der Waals surface area (Å²) in [5.74, 6) is -1.80. The summed E-state index contributed by atoms with van der Waals surface area (Å²) in [5, 5.41) is 4.09. The smallest absolute Gasteiger partial charge is 0.296 e. The van der Waals surface area contributed by atoms with Crippen molar-refractivity contribution in [2.24, 2.45) is 0 Å². The predicted octanol–water partition coefficient (Wildman–Crippen LogP) is 3.30. The van der Waals surface area contributed by atoms with E-state index in [1.807, 2.05) is 6.92 Å². The molecule has 10 heteroatoms. The number of nitrogens with zero attached hydrogens (tertiary/aromatic N) is 3. The topological polar surface area (TPSA) is 83.3 Å². The average molecular weight is 449 g/mol. The summed E-state index contributed by atoms with van der Waals surface area (Å²) in [4.78, 5) is 3.97. The molecule has 0 unspecified atom stereocenters. The largest absolute Gasteiger partial charge is 0.368 e. The highest BCUT2D eigenvalue weighted by atomic mass is 32.2. The van der Waals surface area contributed by atoms with E-state index in [1.165, 1.54) is 35.5 Å². The van der Waals surface area contributed by atoms with Crippen molar-refractivity contribution in [1.82, 2.24) is 14.8 Å². The first-order valence-electron chi connectivity index (χ1n) is 9.57. The van der Waals surface area contributed by atoms with Crippen LogP contribution < -0.4 is 0 Å². The second-order valence-electron chi connectivity index (χ2n) is 7.59. The van der Waals surface area contributed by atoms with Crippen LogP contribution in [0.25, 0.3) is 0 Å². The molecule has 4 rings (SSSR count). The van der Waals surface area contributed by atoms with Crippen LogP contribution in [0.2, 0.25) is 0 Å². The van der Waals surface area contributed by atoms with Gasteiger partial charge in [-0.05, 0) is 31.0 Å². The van der Waals surface area contributed by atoms with E-state index in [4.69, 9.17) is 8.92 Å². The second kappa shape index (κ2) is 8.10. The second-order valence-corrected chi connectivity index (χ2v) is 9.27. The van der Waals surface area contributed by atoms with E-state index >= 15 is 0 Å². The third kappa shape index (κ3) is 4.10. The molecular weight excluding hydrogens is 428 g/mol. The van der Waals surface area contributed by atoms with E-state index < -0.39 is 27.4 Å². The van der Waals surface area contributed by atoms with E-state index in [1.54, 1.807) is 12.1 Å². The molecule has 164 valence electrons. The summed E-state index contributed by atoms with van der Waals surface area (Å²) in [7, 11) is -2.85. The Kier molecular flexibility index (Phi) is 5.63. The summed E-state index contributed by atoms with van der Waals surface area (Å²) in [5.41, 5.74) is 0.390. The first kappa shape index (κ1) is 21.5. The van der Waals surface area contributed by atoms with Crippen LogP contribution in [0.4, 0.5) is 8.78 Å². The Morgan fingerprint density at radius 1 is 1.26 bits per heavy atom. The molecule has 1 aliphatic heterocycles. The van der Waals surface area contributed by atoms with E-state index in [-0.39, 0.29) is 35.9 Å². The normalized spacial score (nSPS) is 21.5. The molecule has 1 aromatic heterocycles. The van der Waals surface area contributed by atoms with Gasteiger partial charge in [-0.25, -0.2) is 18.4 Å². The minimum absolute atomic E-state index is 0.0466. The van der Waals surface area contributed by atoms with E-state index in [9.17, 15) is 17.2 Å². The van der Waals surface area contributed by atoms with Crippen molar-refractivity contribution in [2.75, 3.05) is 13.7 Å². The van der Waals surface area contributed by atoms with Crippen LogP contribution in [0.3, 0.4) is 0 Å². The number of aromatic nitrogens is 3. The molecule has 0 radical (unpaired) electrons. The van der Waals surface area contributed by atoms with Crippen molar-refractivity contribution in [3.8, 4) is 0 Å². The molecule has 0 N–H and O–H groups in total. The quantitative estimate of drug-likeness (QED) is 0.537. The molecule has 2 heterocycles. The van der Waals surface area contributed by atoms with Crippen LogP contribution in [0, 0.1) is 18.6 Å².